The van der Waals surface area contributed by atoms with Crippen molar-refractivity contribution in [3.8, 4) is 5.75 Å². The maximum absolute atomic E-state index is 13.3. The molecule has 17 heavy (non-hydrogen) atoms. The molecule has 0 aliphatic heterocycles. The lowest BCUT2D eigenvalue weighted by Gasteiger charge is -2.12. The topological polar surface area (TPSA) is 35.5 Å². The fourth-order valence-corrected chi connectivity index (χ4v) is 1.63. The van der Waals surface area contributed by atoms with Crippen LogP contribution in [0.2, 0.25) is 0 Å². The van der Waals surface area contributed by atoms with Crippen LogP contribution in [0.25, 0.3) is 0 Å². The first-order chi connectivity index (χ1) is 7.95. The molecule has 0 aliphatic rings. The quantitative estimate of drug-likeness (QED) is 0.802. The lowest BCUT2D eigenvalue weighted by atomic mass is 10.1. The van der Waals surface area contributed by atoms with Crippen LogP contribution >= 0.6 is 15.9 Å². The lowest BCUT2D eigenvalue weighted by Crippen LogP contribution is -2.11. The zero-order valence-corrected chi connectivity index (χ0v) is 10.3. The fourth-order valence-electron chi connectivity index (χ4n) is 1.17. The van der Waals surface area contributed by atoms with Gasteiger partial charge in [0, 0.05) is 10.0 Å². The van der Waals surface area contributed by atoms with Gasteiger partial charge in [-0.2, -0.15) is 8.78 Å². The zero-order valence-electron chi connectivity index (χ0n) is 8.68. The number of methoxy groups -OCH3 is 1. The average Bonchev–Trinajstić information content (AvgIpc) is 2.27. The first-order valence-corrected chi connectivity index (χ1v) is 5.23. The van der Waals surface area contributed by atoms with Gasteiger partial charge in [-0.1, -0.05) is 15.9 Å². The smallest absolute Gasteiger partial charge is 0.387 e. The third-order valence-electron chi connectivity index (χ3n) is 1.91. The van der Waals surface area contributed by atoms with Crippen LogP contribution in [-0.2, 0) is 16.0 Å². The number of halogens is 4. The highest BCUT2D eigenvalue weighted by Crippen LogP contribution is 2.31. The third-order valence-corrected chi connectivity index (χ3v) is 2.65. The molecule has 0 unspecified atom stereocenters. The number of carbonyl (C=O) groups is 1. The Morgan fingerprint density at radius 1 is 1.47 bits per heavy atom. The van der Waals surface area contributed by atoms with Crippen LogP contribution in [0.4, 0.5) is 13.2 Å². The second kappa shape index (κ2) is 5.90. The van der Waals surface area contributed by atoms with Crippen LogP contribution in [0.3, 0.4) is 0 Å². The predicted molar refractivity (Wildman–Crippen MR) is 56.5 cm³/mol. The van der Waals surface area contributed by atoms with Gasteiger partial charge in [0.1, 0.15) is 0 Å². The number of benzene rings is 1. The van der Waals surface area contributed by atoms with Gasteiger partial charge < -0.3 is 9.47 Å². The zero-order chi connectivity index (χ0) is 13.0. The number of hydrogen-bond acceptors (Lipinski definition) is 3. The molecule has 0 saturated carbocycles. The van der Waals surface area contributed by atoms with E-state index >= 15 is 0 Å². The summed E-state index contributed by atoms with van der Waals surface area (Å²) in [6.07, 6.45) is -0.364. The molecule has 1 aromatic carbocycles. The van der Waals surface area contributed by atoms with Crippen LogP contribution in [0, 0.1) is 5.82 Å². The molecule has 0 N–H and O–H groups in total. The summed E-state index contributed by atoms with van der Waals surface area (Å²) in [6, 6.07) is 2.26. The van der Waals surface area contributed by atoms with E-state index in [0.29, 0.717) is 4.47 Å². The van der Waals surface area contributed by atoms with Crippen molar-refractivity contribution in [2.24, 2.45) is 0 Å². The molecule has 0 amide bonds. The van der Waals surface area contributed by atoms with E-state index in [-0.39, 0.29) is 12.0 Å². The molecule has 0 bridgehead atoms. The first-order valence-electron chi connectivity index (χ1n) is 4.44. The minimum atomic E-state index is -3.17. The molecule has 0 aliphatic carbocycles. The maximum Gasteiger partial charge on any atom is 0.387 e. The van der Waals surface area contributed by atoms with Crippen LogP contribution < -0.4 is 4.74 Å². The molecule has 3 nitrogen and oxygen atoms in total. The van der Waals surface area contributed by atoms with Crippen molar-refractivity contribution in [3.63, 3.8) is 0 Å². The van der Waals surface area contributed by atoms with E-state index in [1.165, 1.54) is 6.07 Å². The summed E-state index contributed by atoms with van der Waals surface area (Å²) >= 11 is 3.03. The van der Waals surface area contributed by atoms with E-state index in [4.69, 9.17) is 0 Å². The minimum Gasteiger partial charge on any atom is -0.469 e. The highest BCUT2D eigenvalue weighted by atomic mass is 79.9. The number of ether oxygens (including phenoxy) is 2. The summed E-state index contributed by atoms with van der Waals surface area (Å²) in [6.45, 7) is -3.17. The van der Waals surface area contributed by atoms with Crippen LogP contribution in [-0.4, -0.2) is 19.7 Å². The van der Waals surface area contributed by atoms with E-state index in [1.54, 1.807) is 0 Å². The molecule has 0 heterocycles. The summed E-state index contributed by atoms with van der Waals surface area (Å²) < 4.78 is 46.3. The van der Waals surface area contributed by atoms with E-state index in [2.05, 4.69) is 25.4 Å². The van der Waals surface area contributed by atoms with Gasteiger partial charge >= 0.3 is 12.6 Å². The fraction of sp³-hybridized carbons (Fsp3) is 0.300. The molecule has 7 heteroatoms. The highest BCUT2D eigenvalue weighted by molar-refractivity contribution is 9.10. The third kappa shape index (κ3) is 3.62. The van der Waals surface area contributed by atoms with Gasteiger partial charge in [-0.25, -0.2) is 4.39 Å². The normalized spacial score (nSPS) is 10.5. The van der Waals surface area contributed by atoms with Crippen molar-refractivity contribution >= 4 is 21.9 Å². The van der Waals surface area contributed by atoms with Crippen LogP contribution in [0.5, 0.6) is 5.75 Å². The van der Waals surface area contributed by atoms with Gasteiger partial charge in [0.2, 0.25) is 0 Å². The molecule has 0 radical (unpaired) electrons. The summed E-state index contributed by atoms with van der Waals surface area (Å²) in [4.78, 5) is 11.1. The van der Waals surface area contributed by atoms with E-state index < -0.39 is 24.1 Å². The molecule has 94 valence electrons. The Morgan fingerprint density at radius 3 is 2.65 bits per heavy atom. The monoisotopic (exact) mass is 312 g/mol. The lowest BCUT2D eigenvalue weighted by molar-refractivity contribution is -0.139. The Bertz CT molecular complexity index is 424. The van der Waals surface area contributed by atoms with Crippen molar-refractivity contribution in [3.05, 3.63) is 28.0 Å². The van der Waals surface area contributed by atoms with Gasteiger partial charge in [0.25, 0.3) is 0 Å². The summed E-state index contributed by atoms with van der Waals surface area (Å²) in [7, 11) is 1.14. The molecule has 0 fully saturated rings. The molecule has 0 aromatic heterocycles. The van der Waals surface area contributed by atoms with E-state index in [0.717, 1.165) is 13.2 Å². The summed E-state index contributed by atoms with van der Waals surface area (Å²) in [5.74, 6) is -2.30. The number of rotatable bonds is 4. The molecule has 0 atom stereocenters. The first kappa shape index (κ1) is 13.8. The van der Waals surface area contributed by atoms with Gasteiger partial charge in [0.15, 0.2) is 11.6 Å². The predicted octanol–water partition coefficient (Wildman–Crippen LogP) is 2.91. The minimum absolute atomic E-state index is 0.0165. The molecular weight excluding hydrogens is 305 g/mol. The van der Waals surface area contributed by atoms with Crippen molar-refractivity contribution in [1.82, 2.24) is 0 Å². The van der Waals surface area contributed by atoms with E-state index in [1.807, 2.05) is 0 Å². The second-order valence-electron chi connectivity index (χ2n) is 2.97. The molecule has 1 rings (SSSR count). The maximum atomic E-state index is 13.3. The van der Waals surface area contributed by atoms with Crippen molar-refractivity contribution < 1.29 is 27.4 Å². The standard InChI is InChI=1S/C10H8BrF3O3/c1-16-8(15)4-5-6(11)2-3-7(12)9(5)17-10(13)14/h2-3,10H,4H2,1H3. The molecule has 1 aromatic rings. The van der Waals surface area contributed by atoms with Gasteiger partial charge in [-0.05, 0) is 12.1 Å². The van der Waals surface area contributed by atoms with Gasteiger partial charge in [-0.15, -0.1) is 0 Å². The molecular formula is C10H8BrF3O3. The number of hydrogen-bond donors (Lipinski definition) is 0. The van der Waals surface area contributed by atoms with Gasteiger partial charge in [0.05, 0.1) is 13.5 Å². The second-order valence-corrected chi connectivity index (χ2v) is 3.82. The Morgan fingerprint density at radius 2 is 2.12 bits per heavy atom. The summed E-state index contributed by atoms with van der Waals surface area (Å²) in [5, 5.41) is 0. The Hall–Kier alpha value is -1.24. The van der Waals surface area contributed by atoms with Crippen molar-refractivity contribution in [2.45, 2.75) is 13.0 Å². The Labute approximate surface area is 104 Å². The number of esters is 1. The molecule has 0 spiro atoms. The van der Waals surface area contributed by atoms with Crippen LogP contribution in [0.1, 0.15) is 5.56 Å². The van der Waals surface area contributed by atoms with Gasteiger partial charge in [-0.3, -0.25) is 4.79 Å². The SMILES string of the molecule is COC(=O)Cc1c(Br)ccc(F)c1OC(F)F. The highest BCUT2D eigenvalue weighted by Gasteiger charge is 2.20. The average molecular weight is 313 g/mol. The molecule has 0 saturated heterocycles. The van der Waals surface area contributed by atoms with Crippen LogP contribution in [0.15, 0.2) is 16.6 Å². The number of alkyl halides is 2. The largest absolute Gasteiger partial charge is 0.469 e. The van der Waals surface area contributed by atoms with Crippen molar-refractivity contribution in [2.75, 3.05) is 7.11 Å². The number of carbonyl (C=O) groups excluding carboxylic acids is 1. The Balaban J connectivity index is 3.14. The van der Waals surface area contributed by atoms with Crippen molar-refractivity contribution in [1.29, 1.82) is 0 Å². The van der Waals surface area contributed by atoms with E-state index in [9.17, 15) is 18.0 Å². The Kier molecular flexibility index (Phi) is 4.80. The summed E-state index contributed by atoms with van der Waals surface area (Å²) in [5.41, 5.74) is -0.0165.